The summed E-state index contributed by atoms with van der Waals surface area (Å²) in [5.74, 6) is 0. The van der Waals surface area contributed by atoms with E-state index in [2.05, 4.69) is 0 Å². The van der Waals surface area contributed by atoms with Crippen LogP contribution in [0.5, 0.6) is 0 Å². The van der Waals surface area contributed by atoms with Gasteiger partial charge in [-0.2, -0.15) is 5.26 Å². The fraction of sp³-hybridized carbons (Fsp3) is 0.0714. The van der Waals surface area contributed by atoms with Gasteiger partial charge in [-0.25, -0.2) is 0 Å². The number of rotatable bonds is 4. The molecule has 20 heavy (non-hydrogen) atoms. The molecule has 0 aliphatic heterocycles. The van der Waals surface area contributed by atoms with Gasteiger partial charge in [0.2, 0.25) is 0 Å². The highest BCUT2D eigenvalue weighted by atomic mass is 32.2. The van der Waals surface area contributed by atoms with Crippen LogP contribution in [-0.4, -0.2) is 10.0 Å². The number of aliphatic hydroxyl groups is 1. The Morgan fingerprint density at radius 2 is 2.00 bits per heavy atom. The average Bonchev–Trinajstić information content (AvgIpc) is 2.48. The van der Waals surface area contributed by atoms with Crippen molar-refractivity contribution in [2.45, 2.75) is 16.4 Å². The first-order valence-electron chi connectivity index (χ1n) is 5.71. The van der Waals surface area contributed by atoms with E-state index in [0.29, 0.717) is 20.9 Å². The third-order valence-corrected chi connectivity index (χ3v) is 3.77. The molecule has 0 atom stereocenters. The second-order valence-corrected chi connectivity index (χ2v) is 5.01. The Hall–Kier alpha value is -2.36. The molecule has 0 radical (unpaired) electrons. The second-order valence-electron chi connectivity index (χ2n) is 3.93. The van der Waals surface area contributed by atoms with Crippen molar-refractivity contribution in [3.8, 4) is 6.07 Å². The highest BCUT2D eigenvalue weighted by Crippen LogP contribution is 2.36. The van der Waals surface area contributed by atoms with Crippen molar-refractivity contribution in [1.82, 2.24) is 0 Å². The van der Waals surface area contributed by atoms with E-state index in [1.165, 1.54) is 17.8 Å². The van der Waals surface area contributed by atoms with Crippen LogP contribution in [0.4, 0.5) is 5.69 Å². The van der Waals surface area contributed by atoms with Gasteiger partial charge in [0.05, 0.1) is 22.0 Å². The molecule has 0 saturated heterocycles. The Balaban J connectivity index is 2.41. The van der Waals surface area contributed by atoms with Gasteiger partial charge in [0.1, 0.15) is 6.07 Å². The van der Waals surface area contributed by atoms with E-state index in [4.69, 9.17) is 10.4 Å². The zero-order valence-electron chi connectivity index (χ0n) is 10.3. The number of aliphatic hydroxyl groups excluding tert-OH is 1. The summed E-state index contributed by atoms with van der Waals surface area (Å²) < 4.78 is 0. The van der Waals surface area contributed by atoms with Crippen LogP contribution in [-0.2, 0) is 6.61 Å². The molecule has 0 heterocycles. The first-order valence-corrected chi connectivity index (χ1v) is 6.52. The maximum atomic E-state index is 11.0. The SMILES string of the molecule is N#Cc1cc(CO)ccc1Sc1ccccc1[N+](=O)[O-]. The molecule has 2 rings (SSSR count). The largest absolute Gasteiger partial charge is 0.392 e. The summed E-state index contributed by atoms with van der Waals surface area (Å²) in [6, 6.07) is 13.4. The topological polar surface area (TPSA) is 87.2 Å². The molecule has 0 aliphatic rings. The highest BCUT2D eigenvalue weighted by Gasteiger charge is 2.15. The standard InChI is InChI=1S/C14H10N2O3S/c15-8-11-7-10(9-17)5-6-13(11)20-14-4-2-1-3-12(14)16(18)19/h1-7,17H,9H2. The molecule has 2 aromatic carbocycles. The molecule has 0 amide bonds. The van der Waals surface area contributed by atoms with Crippen molar-refractivity contribution in [2.24, 2.45) is 0 Å². The smallest absolute Gasteiger partial charge is 0.283 e. The van der Waals surface area contributed by atoms with Gasteiger partial charge in [-0.3, -0.25) is 10.1 Å². The fourth-order valence-electron chi connectivity index (χ4n) is 1.66. The molecular formula is C14H10N2O3S. The van der Waals surface area contributed by atoms with E-state index in [-0.39, 0.29) is 12.3 Å². The third kappa shape index (κ3) is 2.96. The molecule has 0 unspecified atom stereocenters. The number of hydrogen-bond acceptors (Lipinski definition) is 5. The second kappa shape index (κ2) is 6.19. The van der Waals surface area contributed by atoms with Gasteiger partial charge in [0, 0.05) is 11.0 Å². The van der Waals surface area contributed by atoms with Crippen LogP contribution < -0.4 is 0 Å². The lowest BCUT2D eigenvalue weighted by molar-refractivity contribution is -0.387. The van der Waals surface area contributed by atoms with Gasteiger partial charge in [0.15, 0.2) is 0 Å². The van der Waals surface area contributed by atoms with Crippen LogP contribution in [0.15, 0.2) is 52.3 Å². The summed E-state index contributed by atoms with van der Waals surface area (Å²) in [5.41, 5.74) is 1.03. The normalized spacial score (nSPS) is 10.0. The number of nitro groups is 1. The van der Waals surface area contributed by atoms with E-state index in [1.807, 2.05) is 6.07 Å². The predicted molar refractivity (Wildman–Crippen MR) is 74.3 cm³/mol. The molecular weight excluding hydrogens is 276 g/mol. The first kappa shape index (κ1) is 14.1. The van der Waals surface area contributed by atoms with Gasteiger partial charge in [0.25, 0.3) is 5.69 Å². The molecule has 0 bridgehead atoms. The van der Waals surface area contributed by atoms with Crippen molar-refractivity contribution in [1.29, 1.82) is 5.26 Å². The molecule has 2 aromatic rings. The third-order valence-electron chi connectivity index (χ3n) is 2.63. The van der Waals surface area contributed by atoms with Gasteiger partial charge in [-0.15, -0.1) is 0 Å². The summed E-state index contributed by atoms with van der Waals surface area (Å²) in [4.78, 5) is 11.6. The molecule has 0 saturated carbocycles. The monoisotopic (exact) mass is 286 g/mol. The zero-order valence-corrected chi connectivity index (χ0v) is 11.1. The van der Waals surface area contributed by atoms with Gasteiger partial charge in [-0.05, 0) is 23.8 Å². The Bertz CT molecular complexity index is 695. The number of hydrogen-bond donors (Lipinski definition) is 1. The maximum Gasteiger partial charge on any atom is 0.283 e. The van der Waals surface area contributed by atoms with E-state index >= 15 is 0 Å². The molecule has 0 fully saturated rings. The van der Waals surface area contributed by atoms with Crippen LogP contribution >= 0.6 is 11.8 Å². The van der Waals surface area contributed by atoms with Gasteiger partial charge < -0.3 is 5.11 Å². The minimum Gasteiger partial charge on any atom is -0.392 e. The molecule has 0 spiro atoms. The molecule has 6 heteroatoms. The van der Waals surface area contributed by atoms with E-state index in [1.54, 1.807) is 36.4 Å². The van der Waals surface area contributed by atoms with Crippen molar-refractivity contribution in [3.05, 3.63) is 63.7 Å². The number of nitrogens with zero attached hydrogens (tertiary/aromatic N) is 2. The Labute approximate surface area is 119 Å². The van der Waals surface area contributed by atoms with Crippen LogP contribution in [0.25, 0.3) is 0 Å². The van der Waals surface area contributed by atoms with Crippen LogP contribution in [0.1, 0.15) is 11.1 Å². The summed E-state index contributed by atoms with van der Waals surface area (Å²) in [6.07, 6.45) is 0. The highest BCUT2D eigenvalue weighted by molar-refractivity contribution is 7.99. The van der Waals surface area contributed by atoms with Crippen LogP contribution in [0.3, 0.4) is 0 Å². The molecule has 100 valence electrons. The summed E-state index contributed by atoms with van der Waals surface area (Å²) in [6.45, 7) is -0.148. The Morgan fingerprint density at radius 1 is 1.25 bits per heavy atom. The number of nitro benzene ring substituents is 1. The molecule has 0 aliphatic carbocycles. The lowest BCUT2D eigenvalue weighted by atomic mass is 10.1. The van der Waals surface area contributed by atoms with Gasteiger partial charge >= 0.3 is 0 Å². The Kier molecular flexibility index (Phi) is 4.35. The summed E-state index contributed by atoms with van der Waals surface area (Å²) in [5, 5.41) is 29.1. The average molecular weight is 286 g/mol. The number of nitriles is 1. The molecule has 0 aromatic heterocycles. The van der Waals surface area contributed by atoms with Crippen molar-refractivity contribution >= 4 is 17.4 Å². The Morgan fingerprint density at radius 3 is 2.65 bits per heavy atom. The molecule has 5 nitrogen and oxygen atoms in total. The van der Waals surface area contributed by atoms with Crippen molar-refractivity contribution < 1.29 is 10.0 Å². The van der Waals surface area contributed by atoms with E-state index in [9.17, 15) is 10.1 Å². The van der Waals surface area contributed by atoms with Gasteiger partial charge in [-0.1, -0.05) is 30.0 Å². The predicted octanol–water partition coefficient (Wildman–Crippen LogP) is 3.11. The lowest BCUT2D eigenvalue weighted by Crippen LogP contribution is -1.91. The summed E-state index contributed by atoms with van der Waals surface area (Å²) >= 11 is 1.17. The number of benzene rings is 2. The minimum atomic E-state index is -0.448. The quantitative estimate of drug-likeness (QED) is 0.689. The van der Waals surface area contributed by atoms with Crippen LogP contribution in [0, 0.1) is 21.4 Å². The van der Waals surface area contributed by atoms with Crippen LogP contribution in [0.2, 0.25) is 0 Å². The summed E-state index contributed by atoms with van der Waals surface area (Å²) in [7, 11) is 0. The van der Waals surface area contributed by atoms with E-state index < -0.39 is 4.92 Å². The first-order chi connectivity index (χ1) is 9.65. The fourth-order valence-corrected chi connectivity index (χ4v) is 2.65. The maximum absolute atomic E-state index is 11.0. The van der Waals surface area contributed by atoms with Crippen molar-refractivity contribution in [3.63, 3.8) is 0 Å². The number of para-hydroxylation sites is 1. The lowest BCUT2D eigenvalue weighted by Gasteiger charge is -2.06. The van der Waals surface area contributed by atoms with Crippen molar-refractivity contribution in [2.75, 3.05) is 0 Å². The zero-order chi connectivity index (χ0) is 14.5. The minimum absolute atomic E-state index is 0.00706. The van der Waals surface area contributed by atoms with E-state index in [0.717, 1.165) is 0 Å². The molecule has 1 N–H and O–H groups in total.